The third-order valence-electron chi connectivity index (χ3n) is 3.56. The standard InChI is InChI=1S/C14H19Cl2N/c1-10(2)13-4-3-7-17(13)14-6-5-12(16)8-11(14)9-15/h5-6,8,10,13H,3-4,7,9H2,1-2H3. The van der Waals surface area contributed by atoms with Crippen LogP contribution in [0.4, 0.5) is 5.69 Å². The molecule has 94 valence electrons. The first-order valence-corrected chi connectivity index (χ1v) is 7.15. The van der Waals surface area contributed by atoms with Gasteiger partial charge >= 0.3 is 0 Å². The topological polar surface area (TPSA) is 3.24 Å². The Bertz CT molecular complexity index is 390. The van der Waals surface area contributed by atoms with Crippen LogP contribution in [0.5, 0.6) is 0 Å². The molecule has 1 saturated heterocycles. The first-order chi connectivity index (χ1) is 8.13. The highest BCUT2D eigenvalue weighted by molar-refractivity contribution is 6.30. The fourth-order valence-corrected chi connectivity index (χ4v) is 3.13. The van der Waals surface area contributed by atoms with Crippen LogP contribution in [0.25, 0.3) is 0 Å². The summed E-state index contributed by atoms with van der Waals surface area (Å²) >= 11 is 12.0. The Balaban J connectivity index is 2.32. The van der Waals surface area contributed by atoms with Crippen LogP contribution in [0.15, 0.2) is 18.2 Å². The summed E-state index contributed by atoms with van der Waals surface area (Å²) in [5.41, 5.74) is 2.41. The normalized spacial score (nSPS) is 20.3. The van der Waals surface area contributed by atoms with Gasteiger partial charge in [0.15, 0.2) is 0 Å². The molecule has 1 atom stereocenters. The molecule has 0 amide bonds. The number of rotatable bonds is 3. The van der Waals surface area contributed by atoms with Crippen LogP contribution in [-0.4, -0.2) is 12.6 Å². The van der Waals surface area contributed by atoms with Crippen LogP contribution >= 0.6 is 23.2 Å². The van der Waals surface area contributed by atoms with Gasteiger partial charge in [0, 0.05) is 29.2 Å². The number of anilines is 1. The van der Waals surface area contributed by atoms with Crippen LogP contribution in [0, 0.1) is 5.92 Å². The first kappa shape index (κ1) is 13.0. The van der Waals surface area contributed by atoms with Gasteiger partial charge in [0.2, 0.25) is 0 Å². The zero-order chi connectivity index (χ0) is 12.4. The maximum Gasteiger partial charge on any atom is 0.0495 e. The van der Waals surface area contributed by atoms with Crippen molar-refractivity contribution in [3.63, 3.8) is 0 Å². The lowest BCUT2D eigenvalue weighted by atomic mass is 10.0. The minimum absolute atomic E-state index is 0.525. The van der Waals surface area contributed by atoms with E-state index < -0.39 is 0 Å². The van der Waals surface area contributed by atoms with Gasteiger partial charge in [-0.05, 0) is 42.5 Å². The lowest BCUT2D eigenvalue weighted by Crippen LogP contribution is -2.33. The second kappa shape index (κ2) is 5.49. The summed E-state index contributed by atoms with van der Waals surface area (Å²) in [6.07, 6.45) is 2.55. The maximum atomic E-state index is 6.02. The second-order valence-electron chi connectivity index (χ2n) is 5.05. The molecule has 0 aliphatic carbocycles. The number of hydrogen-bond donors (Lipinski definition) is 0. The number of hydrogen-bond acceptors (Lipinski definition) is 1. The highest BCUT2D eigenvalue weighted by atomic mass is 35.5. The first-order valence-electron chi connectivity index (χ1n) is 6.24. The Labute approximate surface area is 114 Å². The van der Waals surface area contributed by atoms with Crippen LogP contribution < -0.4 is 4.90 Å². The molecule has 0 radical (unpaired) electrons. The minimum Gasteiger partial charge on any atom is -0.368 e. The number of halogens is 2. The summed E-state index contributed by atoms with van der Waals surface area (Å²) in [6, 6.07) is 6.70. The van der Waals surface area contributed by atoms with Crippen molar-refractivity contribution in [3.8, 4) is 0 Å². The Morgan fingerprint density at radius 1 is 1.41 bits per heavy atom. The van der Waals surface area contributed by atoms with E-state index in [0.29, 0.717) is 17.8 Å². The Morgan fingerprint density at radius 2 is 2.18 bits per heavy atom. The van der Waals surface area contributed by atoms with Crippen molar-refractivity contribution in [2.75, 3.05) is 11.4 Å². The Morgan fingerprint density at radius 3 is 2.82 bits per heavy atom. The van der Waals surface area contributed by atoms with E-state index in [1.807, 2.05) is 12.1 Å². The molecule has 1 aliphatic heterocycles. The number of benzene rings is 1. The molecule has 3 heteroatoms. The van der Waals surface area contributed by atoms with Gasteiger partial charge in [-0.25, -0.2) is 0 Å². The van der Waals surface area contributed by atoms with Crippen molar-refractivity contribution in [2.45, 2.75) is 38.6 Å². The summed E-state index contributed by atoms with van der Waals surface area (Å²) in [5.74, 6) is 1.20. The van der Waals surface area contributed by atoms with Crippen LogP contribution in [0.2, 0.25) is 5.02 Å². The molecule has 0 aromatic heterocycles. The van der Waals surface area contributed by atoms with Gasteiger partial charge in [-0.1, -0.05) is 25.4 Å². The van der Waals surface area contributed by atoms with Crippen LogP contribution in [0.3, 0.4) is 0 Å². The summed E-state index contributed by atoms with van der Waals surface area (Å²) in [5, 5.41) is 0.768. The van der Waals surface area contributed by atoms with E-state index in [0.717, 1.165) is 17.1 Å². The van der Waals surface area contributed by atoms with E-state index in [1.54, 1.807) is 0 Å². The van der Waals surface area contributed by atoms with E-state index in [-0.39, 0.29) is 0 Å². The molecular formula is C14H19Cl2N. The average Bonchev–Trinajstić information content (AvgIpc) is 2.77. The summed E-state index contributed by atoms with van der Waals surface area (Å²) in [7, 11) is 0. The summed E-state index contributed by atoms with van der Waals surface area (Å²) in [6.45, 7) is 5.72. The van der Waals surface area contributed by atoms with Gasteiger partial charge in [-0.15, -0.1) is 11.6 Å². The molecule has 1 aromatic carbocycles. The van der Waals surface area contributed by atoms with Crippen molar-refractivity contribution >= 4 is 28.9 Å². The molecule has 0 bridgehead atoms. The van der Waals surface area contributed by atoms with Gasteiger partial charge in [-0.2, -0.15) is 0 Å². The average molecular weight is 272 g/mol. The van der Waals surface area contributed by atoms with Gasteiger partial charge in [0.25, 0.3) is 0 Å². The lowest BCUT2D eigenvalue weighted by molar-refractivity contribution is 0.491. The van der Waals surface area contributed by atoms with E-state index in [9.17, 15) is 0 Å². The predicted octanol–water partition coefficient (Wildman–Crippen LogP) is 4.70. The summed E-state index contributed by atoms with van der Waals surface area (Å²) < 4.78 is 0. The number of nitrogens with zero attached hydrogens (tertiary/aromatic N) is 1. The van der Waals surface area contributed by atoms with E-state index in [1.165, 1.54) is 18.5 Å². The van der Waals surface area contributed by atoms with Crippen LogP contribution in [0.1, 0.15) is 32.3 Å². The predicted molar refractivity (Wildman–Crippen MR) is 76.2 cm³/mol. The molecule has 0 N–H and O–H groups in total. The van der Waals surface area contributed by atoms with Crippen molar-refractivity contribution in [2.24, 2.45) is 5.92 Å². The SMILES string of the molecule is CC(C)C1CCCN1c1ccc(Cl)cc1CCl. The van der Waals surface area contributed by atoms with Crippen molar-refractivity contribution in [3.05, 3.63) is 28.8 Å². The Hall–Kier alpha value is -0.400. The zero-order valence-corrected chi connectivity index (χ0v) is 11.9. The monoisotopic (exact) mass is 271 g/mol. The highest BCUT2D eigenvalue weighted by Crippen LogP contribution is 2.33. The van der Waals surface area contributed by atoms with Crippen molar-refractivity contribution in [1.82, 2.24) is 0 Å². The number of alkyl halides is 1. The van der Waals surface area contributed by atoms with Gasteiger partial charge in [-0.3, -0.25) is 0 Å². The molecule has 2 rings (SSSR count). The molecule has 17 heavy (non-hydrogen) atoms. The lowest BCUT2D eigenvalue weighted by Gasteiger charge is -2.31. The smallest absolute Gasteiger partial charge is 0.0495 e. The molecule has 1 heterocycles. The molecule has 0 saturated carbocycles. The maximum absolute atomic E-state index is 6.02. The Kier molecular flexibility index (Phi) is 4.22. The third-order valence-corrected chi connectivity index (χ3v) is 4.09. The molecule has 1 fully saturated rings. The summed E-state index contributed by atoms with van der Waals surface area (Å²) in [4.78, 5) is 2.50. The van der Waals surface area contributed by atoms with E-state index in [2.05, 4.69) is 24.8 Å². The molecule has 1 nitrogen and oxygen atoms in total. The third kappa shape index (κ3) is 2.71. The van der Waals surface area contributed by atoms with Gasteiger partial charge in [0.05, 0.1) is 0 Å². The van der Waals surface area contributed by atoms with E-state index in [4.69, 9.17) is 23.2 Å². The van der Waals surface area contributed by atoms with Gasteiger partial charge < -0.3 is 4.90 Å². The fourth-order valence-electron chi connectivity index (χ4n) is 2.73. The largest absolute Gasteiger partial charge is 0.368 e. The zero-order valence-electron chi connectivity index (χ0n) is 10.4. The van der Waals surface area contributed by atoms with E-state index >= 15 is 0 Å². The van der Waals surface area contributed by atoms with Crippen molar-refractivity contribution in [1.29, 1.82) is 0 Å². The molecular weight excluding hydrogens is 253 g/mol. The van der Waals surface area contributed by atoms with Crippen LogP contribution in [-0.2, 0) is 5.88 Å². The fraction of sp³-hybridized carbons (Fsp3) is 0.571. The molecule has 1 aromatic rings. The van der Waals surface area contributed by atoms with Crippen molar-refractivity contribution < 1.29 is 0 Å². The molecule has 0 spiro atoms. The highest BCUT2D eigenvalue weighted by Gasteiger charge is 2.28. The quantitative estimate of drug-likeness (QED) is 0.721. The molecule has 1 unspecified atom stereocenters. The minimum atomic E-state index is 0.525. The molecule has 1 aliphatic rings. The second-order valence-corrected chi connectivity index (χ2v) is 5.76. The van der Waals surface area contributed by atoms with Gasteiger partial charge in [0.1, 0.15) is 0 Å².